The van der Waals surface area contributed by atoms with Gasteiger partial charge >= 0.3 is 0 Å². The van der Waals surface area contributed by atoms with E-state index in [1.807, 2.05) is 24.3 Å². The van der Waals surface area contributed by atoms with Crippen molar-refractivity contribution in [3.63, 3.8) is 0 Å². The zero-order valence-electron chi connectivity index (χ0n) is 24.8. The summed E-state index contributed by atoms with van der Waals surface area (Å²) in [7, 11) is 1.40. The Hall–Kier alpha value is -3.14. The number of hydrogen-bond donors (Lipinski definition) is 0. The van der Waals surface area contributed by atoms with Crippen LogP contribution in [0.2, 0.25) is 13.1 Å². The van der Waals surface area contributed by atoms with Crippen molar-refractivity contribution < 1.29 is 104 Å². The summed E-state index contributed by atoms with van der Waals surface area (Å²) in [6, 6.07) is 14.3. The van der Waals surface area contributed by atoms with Gasteiger partial charge in [-0.3, -0.25) is 0 Å². The fraction of sp³-hybridized carbons (Fsp3) is 0.103. The van der Waals surface area contributed by atoms with E-state index in [-0.39, 0.29) is 65.4 Å². The average Bonchev–Trinajstić information content (AvgIpc) is 2.94. The van der Waals surface area contributed by atoms with E-state index in [0.29, 0.717) is 40.2 Å². The Morgan fingerprint density at radius 2 is 0.778 bits per heavy atom. The van der Waals surface area contributed by atoms with Gasteiger partial charge in [0.15, 0.2) is 0 Å². The molecule has 0 saturated heterocycles. The summed E-state index contributed by atoms with van der Waals surface area (Å²) in [5, 5.41) is 2.35. The number of anilines is 2. The van der Waals surface area contributed by atoms with Crippen LogP contribution in [-0.4, -0.2) is 83.8 Å². The Kier molecular flexibility index (Phi) is 24.8. The van der Waals surface area contributed by atoms with Crippen LogP contribution in [0.25, 0.3) is 0 Å². The molecule has 12 nitrogen and oxygen atoms in total. The topological polar surface area (TPSA) is 150 Å². The number of imide groups is 4. The van der Waals surface area contributed by atoms with Gasteiger partial charge in [0.25, 0.3) is 0 Å². The van der Waals surface area contributed by atoms with E-state index < -0.39 is 42.1 Å². The number of rotatable bonds is 8. The van der Waals surface area contributed by atoms with Crippen molar-refractivity contribution in [3.05, 3.63) is 90.1 Å². The van der Waals surface area contributed by atoms with Crippen molar-refractivity contribution in [3.8, 4) is 0 Å². The van der Waals surface area contributed by atoms with Crippen molar-refractivity contribution in [2.45, 2.75) is 13.1 Å². The Morgan fingerprint density at radius 3 is 0.933 bits per heavy atom. The molecule has 16 heteroatoms. The largest absolute Gasteiger partial charge is 0.440 e. The normalized spacial score (nSPS) is 8.93. The second-order valence-corrected chi connectivity index (χ2v) is 9.96. The minimum Gasteiger partial charge on any atom is -0.440 e. The molecule has 2 rings (SSSR count). The predicted molar refractivity (Wildman–Crippen MR) is 162 cm³/mol. The van der Waals surface area contributed by atoms with Crippen LogP contribution in [0.3, 0.4) is 0 Å². The minimum atomic E-state index is -0.873. The number of amides is 8. The first kappa shape index (κ1) is 46.3. The zero-order chi connectivity index (χ0) is 33.3. The van der Waals surface area contributed by atoms with Gasteiger partial charge in [-0.15, -0.1) is 0 Å². The smallest absolute Gasteiger partial charge is 0.149 e. The molecule has 0 aliphatic rings. The zero-order valence-corrected chi connectivity index (χ0v) is 32.5. The molecule has 0 aromatic heterocycles. The summed E-state index contributed by atoms with van der Waals surface area (Å²) in [4.78, 5) is 88.7. The molecule has 0 spiro atoms. The second-order valence-electron chi connectivity index (χ2n) is 7.81. The molecule has 0 bridgehead atoms. The van der Waals surface area contributed by atoms with Crippen LogP contribution >= 0.6 is 0 Å². The molecule has 0 fully saturated rings. The van der Waals surface area contributed by atoms with Crippen molar-refractivity contribution in [1.29, 1.82) is 0 Å². The fourth-order valence-corrected chi connectivity index (χ4v) is 3.78. The molecule has 8 amide bonds. The van der Waals surface area contributed by atoms with Crippen LogP contribution in [-0.2, 0) is 104 Å². The van der Waals surface area contributed by atoms with Gasteiger partial charge in [-0.05, 0) is 11.8 Å². The third-order valence-electron chi connectivity index (χ3n) is 5.00. The molecule has 0 aliphatic heterocycles. The molecule has 0 saturated carbocycles. The van der Waals surface area contributed by atoms with Crippen molar-refractivity contribution in [2.75, 3.05) is 16.5 Å². The van der Waals surface area contributed by atoms with Crippen LogP contribution in [0.15, 0.2) is 48.5 Å². The summed E-state index contributed by atoms with van der Waals surface area (Å²) >= 11 is 0. The summed E-state index contributed by atoms with van der Waals surface area (Å²) in [6.07, 6.45) is 3.06. The molecule has 2 aromatic rings. The Bertz CT molecular complexity index is 1180. The first-order chi connectivity index (χ1) is 20.1. The van der Waals surface area contributed by atoms with Crippen molar-refractivity contribution in [2.24, 2.45) is 0 Å². The minimum absolute atomic E-state index is 0. The fourth-order valence-electron chi connectivity index (χ4n) is 2.78. The van der Waals surface area contributed by atoms with Crippen molar-refractivity contribution >= 4 is 89.1 Å². The van der Waals surface area contributed by atoms with E-state index >= 15 is 0 Å². The van der Waals surface area contributed by atoms with Crippen LogP contribution < -0.4 is 20.2 Å². The van der Waals surface area contributed by atoms with Crippen molar-refractivity contribution in [1.82, 2.24) is 9.80 Å². The molecule has 0 heterocycles. The van der Waals surface area contributed by atoms with E-state index in [0.717, 1.165) is 9.80 Å². The van der Waals surface area contributed by atoms with E-state index in [4.69, 9.17) is 0 Å². The van der Waals surface area contributed by atoms with Gasteiger partial charge < -0.3 is 99.5 Å². The number of hydrogen-bond acceptors (Lipinski definition) is 8. The summed E-state index contributed by atoms with van der Waals surface area (Å²) < 4.78 is 0. The Morgan fingerprint density at radius 1 is 0.533 bits per heavy atom. The first-order valence-corrected chi connectivity index (χ1v) is 14.8. The molecule has 234 valence electrons. The Balaban J connectivity index is -0.000000575. The maximum absolute atomic E-state index is 10.9. The number of nitrogens with zero attached hydrogens (tertiary/aromatic N) is 4. The van der Waals surface area contributed by atoms with E-state index in [2.05, 4.69) is 54.6 Å². The molecule has 0 N–H and O–H groups in total. The van der Waals surface area contributed by atoms with Gasteiger partial charge in [-0.1, -0.05) is 83.4 Å². The average molecular weight is 795 g/mol. The summed E-state index contributed by atoms with van der Waals surface area (Å²) in [5.41, 5.74) is 1.00. The quantitative estimate of drug-likeness (QED) is 0.152. The number of carbonyl (C=O) groups is 6. The van der Waals surface area contributed by atoms with E-state index in [1.54, 1.807) is 24.3 Å². The molecule has 0 aliphatic carbocycles. The monoisotopic (exact) mass is 794 g/mol. The second kappa shape index (κ2) is 24.1. The van der Waals surface area contributed by atoms with Gasteiger partial charge in [0, 0.05) is 65.4 Å². The van der Waals surface area contributed by atoms with Crippen LogP contribution in [0, 0.1) is 41.5 Å². The number of benzene rings is 2. The predicted octanol–water partition coefficient (Wildman–Crippen LogP) is -0.417. The maximum Gasteiger partial charge on any atom is 0.149 e. The third-order valence-corrected chi connectivity index (χ3v) is 6.82. The number of carbonyl (C=O) groups excluding carboxylic acids is 8. The standard InChI is InChI=1S/2C10H9NO2Si.C9H10N2O4.2Y/c2*1-8(13)11(7-12)9-3-5-10(14-2)6-4-9;1-6(12)10(7(2)13)5-11(8(3)14)9(4)15;;/h2*3-6H,1H2,2H3;1-5H2;;/q2*-2;-4;;. The molecular weight excluding hydrogens is 766 g/mol. The van der Waals surface area contributed by atoms with Gasteiger partial charge in [0.2, 0.25) is 0 Å². The molecule has 6 radical (unpaired) electrons. The third kappa shape index (κ3) is 16.7. The first-order valence-electron chi connectivity index (χ1n) is 11.8. The van der Waals surface area contributed by atoms with Gasteiger partial charge in [-0.2, -0.15) is 0 Å². The van der Waals surface area contributed by atoms with E-state index in [1.165, 1.54) is 23.2 Å². The van der Waals surface area contributed by atoms with Gasteiger partial charge in [0.05, 0.1) is 42.7 Å². The van der Waals surface area contributed by atoms with Crippen LogP contribution in [0.1, 0.15) is 0 Å². The molecule has 0 atom stereocenters. The SMILES string of the molecule is [CH2-]C(=O)N(CN(C([CH2-])=O)C([CH2-])=O)C([CH2-])=O.[CH2-]C(=O)N([C-]=O)c1ccc([Si]C)cc1.[CH2-]C(=O)N([C-]=O)c1ccc([Si]C)cc1.[Y].[Y]. The summed E-state index contributed by atoms with van der Waals surface area (Å²) in [6.45, 7) is 21.7. The maximum atomic E-state index is 10.9. The van der Waals surface area contributed by atoms with Gasteiger partial charge in [0.1, 0.15) is 19.5 Å². The molecule has 0 unspecified atom stereocenters. The molecular formula is C29H28N4O8Si2Y2-8. The summed E-state index contributed by atoms with van der Waals surface area (Å²) in [5.74, 6) is -4.65. The molecule has 45 heavy (non-hydrogen) atoms. The van der Waals surface area contributed by atoms with Crippen LogP contribution in [0.5, 0.6) is 0 Å². The van der Waals surface area contributed by atoms with E-state index in [9.17, 15) is 38.4 Å². The van der Waals surface area contributed by atoms with Crippen LogP contribution in [0.4, 0.5) is 11.4 Å². The molecule has 2 aromatic carbocycles. The van der Waals surface area contributed by atoms with Gasteiger partial charge in [-0.25, -0.2) is 0 Å². The Labute approximate surface area is 319 Å².